The average Bonchev–Trinajstić information content (AvgIpc) is 4.07. The number of aromatic nitrogens is 3. The predicted molar refractivity (Wildman–Crippen MR) is 251 cm³/mol. The number of fused-ring (bicyclic) bond motifs is 2. The van der Waals surface area contributed by atoms with Gasteiger partial charge in [0.15, 0.2) is 5.84 Å². The molecule has 2 saturated carbocycles. The van der Waals surface area contributed by atoms with E-state index in [1.807, 2.05) is 98.8 Å². The number of aromatic amines is 1. The number of amidine groups is 2. The molecule has 0 saturated heterocycles. The number of benzene rings is 4. The van der Waals surface area contributed by atoms with Gasteiger partial charge in [-0.25, -0.2) is 20.0 Å². The lowest BCUT2D eigenvalue weighted by Gasteiger charge is -2.24. The Labute approximate surface area is 363 Å². The second-order valence-corrected chi connectivity index (χ2v) is 18.6. The Kier molecular flexibility index (Phi) is 10.8. The minimum absolute atomic E-state index is 0.170. The lowest BCUT2D eigenvalue weighted by atomic mass is 9.81. The summed E-state index contributed by atoms with van der Waals surface area (Å²) in [5, 5.41) is 8.22. The van der Waals surface area contributed by atoms with Crippen LogP contribution in [0, 0.1) is 19.8 Å². The Morgan fingerprint density at radius 3 is 1.77 bits per heavy atom. The Balaban J connectivity index is 1.20. The van der Waals surface area contributed by atoms with Crippen LogP contribution in [0.5, 0.6) is 0 Å². The number of anilines is 1. The molecule has 3 aliphatic rings. The van der Waals surface area contributed by atoms with Gasteiger partial charge in [-0.3, -0.25) is 9.59 Å². The molecule has 2 amide bonds. The van der Waals surface area contributed by atoms with Gasteiger partial charge in [-0.15, -0.1) is 22.7 Å². The van der Waals surface area contributed by atoms with E-state index >= 15 is 0 Å². The molecular formula is C50H47N7O2S2. The lowest BCUT2D eigenvalue weighted by Crippen LogP contribution is -2.31. The number of carbonyl (C=O) groups is 2. The highest BCUT2D eigenvalue weighted by atomic mass is 32.1. The summed E-state index contributed by atoms with van der Waals surface area (Å²) in [7, 11) is 0. The molecule has 3 aromatic heterocycles. The number of amides is 2. The number of hydrogen-bond acceptors (Lipinski definition) is 7. The topological polar surface area (TPSA) is 124 Å². The van der Waals surface area contributed by atoms with Crippen LogP contribution in [0.15, 0.2) is 113 Å². The lowest BCUT2D eigenvalue weighted by molar-refractivity contribution is 0.0975. The summed E-state index contributed by atoms with van der Waals surface area (Å²) in [5.74, 6) is 2.23. The molecule has 0 bridgehead atoms. The third-order valence-electron chi connectivity index (χ3n) is 12.5. The molecule has 0 unspecified atom stereocenters. The molecule has 0 radical (unpaired) electrons. The fraction of sp³-hybridized carbons (Fsp3) is 0.280. The summed E-state index contributed by atoms with van der Waals surface area (Å²) in [5.41, 5.74) is 8.62. The van der Waals surface area contributed by atoms with Gasteiger partial charge in [0.1, 0.15) is 27.5 Å². The van der Waals surface area contributed by atoms with Crippen molar-refractivity contribution in [1.82, 2.24) is 20.3 Å². The van der Waals surface area contributed by atoms with Gasteiger partial charge in [0.05, 0.1) is 31.6 Å². The summed E-state index contributed by atoms with van der Waals surface area (Å²) in [6.07, 6.45) is 10.8. The first-order valence-corrected chi connectivity index (χ1v) is 23.2. The van der Waals surface area contributed by atoms with Crippen molar-refractivity contribution >= 4 is 83.8 Å². The smallest absolute Gasteiger partial charge is 0.257 e. The minimum Gasteiger partial charge on any atom is -0.326 e. The van der Waals surface area contributed by atoms with E-state index in [0.717, 1.165) is 115 Å². The van der Waals surface area contributed by atoms with Crippen LogP contribution in [0.2, 0.25) is 0 Å². The molecule has 11 heteroatoms. The van der Waals surface area contributed by atoms with Crippen molar-refractivity contribution in [2.45, 2.75) is 84.0 Å². The van der Waals surface area contributed by atoms with Crippen molar-refractivity contribution in [2.75, 3.05) is 5.32 Å². The number of aryl methyl sites for hydroxylation is 2. The first-order valence-electron chi connectivity index (χ1n) is 21.5. The zero-order chi connectivity index (χ0) is 41.5. The van der Waals surface area contributed by atoms with Crippen LogP contribution in [-0.4, -0.2) is 38.4 Å². The van der Waals surface area contributed by atoms with Crippen LogP contribution in [-0.2, 0) is 0 Å². The monoisotopic (exact) mass is 841 g/mol. The van der Waals surface area contributed by atoms with Gasteiger partial charge in [0, 0.05) is 22.3 Å². The molecule has 0 spiro atoms. The van der Waals surface area contributed by atoms with Gasteiger partial charge in [-0.2, -0.15) is 0 Å². The molecule has 2 aliphatic carbocycles. The summed E-state index contributed by atoms with van der Waals surface area (Å²) < 4.78 is 2.15. The number of carbonyl (C=O) groups excluding carboxylic acids is 2. The molecule has 4 aromatic carbocycles. The van der Waals surface area contributed by atoms with Crippen molar-refractivity contribution < 1.29 is 9.59 Å². The van der Waals surface area contributed by atoms with Crippen molar-refractivity contribution in [3.63, 3.8) is 0 Å². The predicted octanol–water partition coefficient (Wildman–Crippen LogP) is 12.7. The van der Waals surface area contributed by atoms with Gasteiger partial charge >= 0.3 is 0 Å². The van der Waals surface area contributed by atoms with Crippen LogP contribution < -0.4 is 10.6 Å². The number of para-hydroxylation sites is 2. The van der Waals surface area contributed by atoms with Gasteiger partial charge in [-0.1, -0.05) is 99.2 Å². The maximum absolute atomic E-state index is 14.2. The summed E-state index contributed by atoms with van der Waals surface area (Å²) in [6.45, 7) is 3.91. The van der Waals surface area contributed by atoms with Crippen LogP contribution in [0.4, 0.5) is 11.6 Å². The second kappa shape index (κ2) is 16.8. The van der Waals surface area contributed by atoms with Crippen LogP contribution >= 0.6 is 22.7 Å². The molecule has 306 valence electrons. The third-order valence-corrected chi connectivity index (χ3v) is 14.6. The van der Waals surface area contributed by atoms with Crippen molar-refractivity contribution in [3.8, 4) is 10.6 Å². The highest BCUT2D eigenvalue weighted by molar-refractivity contribution is 7.21. The normalized spacial score (nSPS) is 17.1. The van der Waals surface area contributed by atoms with Crippen molar-refractivity contribution in [3.05, 3.63) is 135 Å². The fourth-order valence-corrected chi connectivity index (χ4v) is 11.5. The van der Waals surface area contributed by atoms with E-state index in [1.165, 1.54) is 12.8 Å². The zero-order valence-electron chi connectivity index (χ0n) is 34.4. The molecule has 7 aromatic rings. The Morgan fingerprint density at radius 1 is 0.639 bits per heavy atom. The Morgan fingerprint density at radius 2 is 1.16 bits per heavy atom. The molecule has 0 atom stereocenters. The minimum atomic E-state index is -0.221. The van der Waals surface area contributed by atoms with E-state index in [-0.39, 0.29) is 23.7 Å². The summed E-state index contributed by atoms with van der Waals surface area (Å²) in [6, 6.07) is 31.7. The standard InChI is InChI=1S/C50H47N7O2S2/c1-29-17-9-11-23-33(29)47(58)56-45-41(49-51-35-25-13-15-27-37(35)60-49)39(31-19-5-3-6-20-31)43(54-45)53-44-40(32-21-7-4-8-22-32)42(50-52-36-26-14-16-28-38(36)61-50)46(55-44)57-48(59)34-24-12-10-18-30(34)2/h9-18,23-28,31-32,54H,3-8,19-22H2,1-2H3,(H,56,58)(H,53,55,57,59). The summed E-state index contributed by atoms with van der Waals surface area (Å²) in [4.78, 5) is 53.3. The molecule has 2 fully saturated rings. The highest BCUT2D eigenvalue weighted by Gasteiger charge is 2.37. The maximum atomic E-state index is 14.2. The molecule has 61 heavy (non-hydrogen) atoms. The maximum Gasteiger partial charge on any atom is 0.257 e. The molecule has 9 nitrogen and oxygen atoms in total. The third kappa shape index (κ3) is 7.65. The highest BCUT2D eigenvalue weighted by Crippen LogP contribution is 2.50. The van der Waals surface area contributed by atoms with Crippen molar-refractivity contribution in [2.24, 2.45) is 15.9 Å². The number of aliphatic imine (C=N–C) groups is 2. The first-order chi connectivity index (χ1) is 29.9. The van der Waals surface area contributed by atoms with E-state index in [4.69, 9.17) is 20.0 Å². The number of rotatable bonds is 8. The SMILES string of the molecule is Cc1ccccc1C(=O)NC1=NC(=Nc2[nH]c(NC(=O)c3ccccc3C)c(-c3nc4ccccc4s3)c2C2CCCCC2)C(C2CCCCC2)=C1c1nc2ccccc2s1. The molecular weight excluding hydrogens is 795 g/mol. The molecule has 4 heterocycles. The zero-order valence-corrected chi connectivity index (χ0v) is 36.0. The number of thiazole rings is 2. The van der Waals surface area contributed by atoms with E-state index in [1.54, 1.807) is 22.7 Å². The molecule has 10 rings (SSSR count). The number of nitrogens with zero attached hydrogens (tertiary/aromatic N) is 4. The first kappa shape index (κ1) is 39.1. The molecule has 3 N–H and O–H groups in total. The van der Waals surface area contributed by atoms with Gasteiger partial charge in [0.2, 0.25) is 0 Å². The van der Waals surface area contributed by atoms with Crippen LogP contribution in [0.3, 0.4) is 0 Å². The van der Waals surface area contributed by atoms with Gasteiger partial charge in [-0.05, 0) is 98.9 Å². The van der Waals surface area contributed by atoms with E-state index in [0.29, 0.717) is 34.4 Å². The summed E-state index contributed by atoms with van der Waals surface area (Å²) >= 11 is 3.25. The fourth-order valence-electron chi connectivity index (χ4n) is 9.40. The van der Waals surface area contributed by atoms with Crippen molar-refractivity contribution in [1.29, 1.82) is 0 Å². The largest absolute Gasteiger partial charge is 0.326 e. The van der Waals surface area contributed by atoms with Crippen LogP contribution in [0.25, 0.3) is 36.6 Å². The molecule has 1 aliphatic heterocycles. The number of hydrogen-bond donors (Lipinski definition) is 3. The Hall–Kier alpha value is -6.04. The Bertz CT molecular complexity index is 2850. The average molecular weight is 842 g/mol. The van der Waals surface area contributed by atoms with Crippen LogP contribution in [0.1, 0.15) is 113 Å². The second-order valence-electron chi connectivity index (χ2n) is 16.5. The number of H-pyrrole nitrogens is 1. The van der Waals surface area contributed by atoms with E-state index < -0.39 is 0 Å². The quantitative estimate of drug-likeness (QED) is 0.141. The van der Waals surface area contributed by atoms with Gasteiger partial charge < -0.3 is 15.6 Å². The number of nitrogens with one attached hydrogen (secondary N) is 3. The van der Waals surface area contributed by atoms with E-state index in [9.17, 15) is 9.59 Å². The van der Waals surface area contributed by atoms with Gasteiger partial charge in [0.25, 0.3) is 11.8 Å². The van der Waals surface area contributed by atoms with E-state index in [2.05, 4.69) is 27.8 Å².